The maximum absolute atomic E-state index is 13.2. The van der Waals surface area contributed by atoms with E-state index in [0.717, 1.165) is 30.8 Å². The Morgan fingerprint density at radius 1 is 0.673 bits per heavy atom. The van der Waals surface area contributed by atoms with Gasteiger partial charge in [-0.05, 0) is 108 Å². The molecule has 3 rings (SSSR count). The minimum absolute atomic E-state index is 0.0957. The van der Waals surface area contributed by atoms with E-state index in [1.54, 1.807) is 0 Å². The molecule has 0 spiro atoms. The highest BCUT2D eigenvalue weighted by atomic mass is 28.4. The summed E-state index contributed by atoms with van der Waals surface area (Å²) in [7, 11) is -2.55. The van der Waals surface area contributed by atoms with Crippen molar-refractivity contribution >= 4 is 22.6 Å². The lowest BCUT2D eigenvalue weighted by molar-refractivity contribution is -0.145. The molecular formula is C43H66O4Si2. The monoisotopic (exact) mass is 702 g/mol. The number of hydrogen-bond donors (Lipinski definition) is 0. The Bertz CT molecular complexity index is 1390. The third-order valence-electron chi connectivity index (χ3n) is 11.7. The predicted octanol–water partition coefficient (Wildman–Crippen LogP) is 12.5. The zero-order valence-corrected chi connectivity index (χ0v) is 35.2. The first kappa shape index (κ1) is 40.6. The van der Waals surface area contributed by atoms with Crippen molar-refractivity contribution in [1.29, 1.82) is 0 Å². The van der Waals surface area contributed by atoms with Gasteiger partial charge in [-0.3, -0.25) is 4.79 Å². The van der Waals surface area contributed by atoms with E-state index in [-0.39, 0.29) is 27.9 Å². The van der Waals surface area contributed by atoms with Crippen molar-refractivity contribution < 1.29 is 18.4 Å². The third kappa shape index (κ3) is 10.1. The highest BCUT2D eigenvalue weighted by Gasteiger charge is 2.43. The average molecular weight is 703 g/mol. The first-order chi connectivity index (χ1) is 22.7. The minimum atomic E-state index is -2.02. The average Bonchev–Trinajstić information content (AvgIpc) is 3.03. The summed E-state index contributed by atoms with van der Waals surface area (Å²) in [6.07, 6.45) is 3.66. The Hall–Kier alpha value is -2.84. The second-order valence-electron chi connectivity index (χ2n) is 17.5. The molecule has 0 saturated heterocycles. The fourth-order valence-electron chi connectivity index (χ4n) is 6.24. The molecule has 0 aromatic heterocycles. The zero-order valence-electron chi connectivity index (χ0n) is 33.2. The van der Waals surface area contributed by atoms with Crippen LogP contribution in [0.1, 0.15) is 111 Å². The number of ether oxygens (including phenoxy) is 1. The topological polar surface area (TPSA) is 44.8 Å². The van der Waals surface area contributed by atoms with E-state index in [1.165, 1.54) is 23.8 Å². The lowest BCUT2D eigenvalue weighted by atomic mass is 9.63. The van der Waals surface area contributed by atoms with Crippen LogP contribution in [0.2, 0.25) is 36.3 Å². The number of esters is 1. The molecule has 0 aliphatic carbocycles. The molecule has 3 aromatic carbocycles. The van der Waals surface area contributed by atoms with E-state index in [9.17, 15) is 4.79 Å². The molecule has 3 atom stereocenters. The Balaban J connectivity index is 2.27. The summed E-state index contributed by atoms with van der Waals surface area (Å²) in [5.74, 6) is 2.16. The molecule has 4 nitrogen and oxygen atoms in total. The molecule has 0 heterocycles. The van der Waals surface area contributed by atoms with E-state index >= 15 is 0 Å². The normalized spacial score (nSPS) is 14.9. The van der Waals surface area contributed by atoms with Crippen molar-refractivity contribution in [2.45, 2.75) is 136 Å². The van der Waals surface area contributed by atoms with Gasteiger partial charge >= 0.3 is 5.97 Å². The second-order valence-corrected chi connectivity index (χ2v) is 27.0. The lowest BCUT2D eigenvalue weighted by Gasteiger charge is -2.41. The Morgan fingerprint density at radius 2 is 1.10 bits per heavy atom. The quantitative estimate of drug-likeness (QED) is 0.117. The number of benzene rings is 3. The van der Waals surface area contributed by atoms with Gasteiger partial charge in [0.1, 0.15) is 11.5 Å². The fraction of sp³-hybridized carbons (Fsp3) is 0.558. The van der Waals surface area contributed by atoms with Gasteiger partial charge in [-0.25, -0.2) is 0 Å². The van der Waals surface area contributed by atoms with Crippen LogP contribution in [0.3, 0.4) is 0 Å². The molecule has 270 valence electrons. The van der Waals surface area contributed by atoms with Crippen molar-refractivity contribution in [3.8, 4) is 11.5 Å². The minimum Gasteiger partial charge on any atom is -0.544 e. The number of rotatable bonds is 15. The lowest BCUT2D eigenvalue weighted by Crippen LogP contribution is -2.44. The summed E-state index contributed by atoms with van der Waals surface area (Å²) in [6, 6.07) is 28.5. The van der Waals surface area contributed by atoms with Gasteiger partial charge < -0.3 is 13.6 Å². The van der Waals surface area contributed by atoms with Crippen LogP contribution in [-0.4, -0.2) is 29.7 Å². The van der Waals surface area contributed by atoms with E-state index in [4.69, 9.17) is 13.6 Å². The second kappa shape index (κ2) is 16.0. The van der Waals surface area contributed by atoms with Crippen molar-refractivity contribution in [2.24, 2.45) is 11.8 Å². The van der Waals surface area contributed by atoms with E-state index in [1.807, 2.05) is 6.92 Å². The van der Waals surface area contributed by atoms with Crippen molar-refractivity contribution in [1.82, 2.24) is 0 Å². The molecular weight excluding hydrogens is 637 g/mol. The maximum atomic E-state index is 13.2. The summed E-state index contributed by atoms with van der Waals surface area (Å²) in [5.41, 5.74) is 3.24. The van der Waals surface area contributed by atoms with E-state index < -0.39 is 22.0 Å². The van der Waals surface area contributed by atoms with Crippen LogP contribution in [0, 0.1) is 11.8 Å². The Kier molecular flexibility index (Phi) is 13.3. The van der Waals surface area contributed by atoms with Crippen molar-refractivity contribution in [2.75, 3.05) is 7.11 Å². The molecule has 0 radical (unpaired) electrons. The number of hydrogen-bond acceptors (Lipinski definition) is 4. The molecule has 49 heavy (non-hydrogen) atoms. The van der Waals surface area contributed by atoms with Crippen LogP contribution in [0.25, 0.3) is 0 Å². The summed E-state index contributed by atoms with van der Waals surface area (Å²) in [6.45, 7) is 29.4. The van der Waals surface area contributed by atoms with Crippen LogP contribution in [0.5, 0.6) is 11.5 Å². The molecule has 0 fully saturated rings. The molecule has 0 bridgehead atoms. The van der Waals surface area contributed by atoms with Crippen molar-refractivity contribution in [3.63, 3.8) is 0 Å². The first-order valence-corrected chi connectivity index (χ1v) is 24.2. The molecule has 0 aliphatic heterocycles. The highest BCUT2D eigenvalue weighted by Crippen LogP contribution is 2.49. The SMILES string of the molecule is CCC(C)CC(CC(CC(C)C(=O)OC)(c1ccc(O[Si](C)(C)C(C)(C)C)cc1)c1ccc(O[Si](C)(C)C(C)(C)C)cc1)c1ccccc1. The molecule has 0 aliphatic rings. The largest absolute Gasteiger partial charge is 0.544 e. The van der Waals surface area contributed by atoms with Gasteiger partial charge in [-0.1, -0.05) is 123 Å². The van der Waals surface area contributed by atoms with Gasteiger partial charge in [0.2, 0.25) is 16.6 Å². The van der Waals surface area contributed by atoms with Crippen LogP contribution in [-0.2, 0) is 14.9 Å². The predicted molar refractivity (Wildman–Crippen MR) is 213 cm³/mol. The van der Waals surface area contributed by atoms with Gasteiger partial charge in [-0.15, -0.1) is 0 Å². The van der Waals surface area contributed by atoms with Gasteiger partial charge in [0.25, 0.3) is 0 Å². The highest BCUT2D eigenvalue weighted by molar-refractivity contribution is 6.75. The summed E-state index contributed by atoms with van der Waals surface area (Å²) < 4.78 is 18.8. The number of carbonyl (C=O) groups is 1. The summed E-state index contributed by atoms with van der Waals surface area (Å²) in [4.78, 5) is 13.2. The van der Waals surface area contributed by atoms with Gasteiger partial charge in [0.15, 0.2) is 0 Å². The van der Waals surface area contributed by atoms with Gasteiger partial charge in [-0.2, -0.15) is 0 Å². The van der Waals surface area contributed by atoms with Crippen LogP contribution in [0.4, 0.5) is 0 Å². The maximum Gasteiger partial charge on any atom is 0.308 e. The first-order valence-electron chi connectivity index (χ1n) is 18.4. The van der Waals surface area contributed by atoms with E-state index in [0.29, 0.717) is 12.3 Å². The molecule has 3 unspecified atom stereocenters. The number of carbonyl (C=O) groups excluding carboxylic acids is 1. The van der Waals surface area contributed by atoms with Gasteiger partial charge in [0.05, 0.1) is 13.0 Å². The molecule has 3 aromatic rings. The van der Waals surface area contributed by atoms with Crippen LogP contribution in [0.15, 0.2) is 78.9 Å². The smallest absolute Gasteiger partial charge is 0.308 e. The molecule has 0 saturated carbocycles. The number of methoxy groups -OCH3 is 1. The van der Waals surface area contributed by atoms with Crippen molar-refractivity contribution in [3.05, 3.63) is 95.6 Å². The fourth-order valence-corrected chi connectivity index (χ4v) is 8.31. The van der Waals surface area contributed by atoms with E-state index in [2.05, 4.69) is 160 Å². The summed E-state index contributed by atoms with van der Waals surface area (Å²) in [5, 5.41) is 0.191. The molecule has 6 heteroatoms. The van der Waals surface area contributed by atoms with Gasteiger partial charge in [0, 0.05) is 5.41 Å². The van der Waals surface area contributed by atoms with Crippen LogP contribution >= 0.6 is 0 Å². The zero-order chi connectivity index (χ0) is 36.8. The standard InChI is InChI=1S/C43H66O4Si2/c1-15-32(2)29-35(34-19-17-16-18-20-34)31-43(30-33(3)40(44)45-10,36-21-25-38(26-22-36)46-48(11,12)41(4,5)6)37-23-27-39(28-24-37)47-49(13,14)42(7,8)9/h16-28,32-33,35H,15,29-31H2,1-14H3. The Morgan fingerprint density at radius 3 is 1.47 bits per heavy atom. The molecule has 0 amide bonds. The Labute approximate surface area is 301 Å². The third-order valence-corrected chi connectivity index (χ3v) is 20.4. The summed E-state index contributed by atoms with van der Waals surface area (Å²) >= 11 is 0. The van der Waals surface area contributed by atoms with Crippen LogP contribution < -0.4 is 8.85 Å². The molecule has 0 N–H and O–H groups in total.